The molecule has 12 heteroatoms. The molecule has 0 aliphatic carbocycles. The molecule has 0 radical (unpaired) electrons. The molecule has 0 bridgehead atoms. The number of nitrogens with zero attached hydrogens (tertiary/aromatic N) is 3. The van der Waals surface area contributed by atoms with Gasteiger partial charge in [0.15, 0.2) is 0 Å². The summed E-state index contributed by atoms with van der Waals surface area (Å²) in [4.78, 5) is 20.7. The number of aliphatic imine (C=N–C) groups is 1. The fourth-order valence-electron chi connectivity index (χ4n) is 2.45. The number of hydrogen-bond donors (Lipinski definition) is 3. The Morgan fingerprint density at radius 2 is 1.84 bits per heavy atom. The first-order chi connectivity index (χ1) is 15.2. The maximum absolute atomic E-state index is 13.0. The van der Waals surface area contributed by atoms with Crippen molar-refractivity contribution in [2.24, 2.45) is 10.7 Å². The molecule has 7 nitrogen and oxygen atoms in total. The minimum atomic E-state index is -4.73. The molecule has 4 N–H and O–H groups in total. The van der Waals surface area contributed by atoms with Crippen molar-refractivity contribution in [2.45, 2.75) is 11.3 Å². The summed E-state index contributed by atoms with van der Waals surface area (Å²) >= 11 is 7.39. The second-order valence-electron chi connectivity index (χ2n) is 6.25. The van der Waals surface area contributed by atoms with Crippen molar-refractivity contribution in [2.75, 3.05) is 11.6 Å². The minimum Gasteiger partial charge on any atom is -0.395 e. The normalized spacial score (nSPS) is 12.7. The van der Waals surface area contributed by atoms with Gasteiger partial charge in [0.1, 0.15) is 5.70 Å². The lowest BCUT2D eigenvalue weighted by Gasteiger charge is -2.09. The largest absolute Gasteiger partial charge is 0.430 e. The molecule has 0 aliphatic heterocycles. The van der Waals surface area contributed by atoms with Gasteiger partial charge in [0.25, 0.3) is 5.91 Å². The van der Waals surface area contributed by atoms with Crippen molar-refractivity contribution in [3.8, 4) is 0 Å². The van der Waals surface area contributed by atoms with E-state index in [2.05, 4.69) is 25.5 Å². The summed E-state index contributed by atoms with van der Waals surface area (Å²) in [5.41, 5.74) is 4.63. The number of aromatic amines is 1. The quantitative estimate of drug-likeness (QED) is 0.341. The molecule has 0 atom stereocenters. The maximum Gasteiger partial charge on any atom is 0.430 e. The van der Waals surface area contributed by atoms with Gasteiger partial charge in [-0.25, -0.2) is 10.1 Å². The lowest BCUT2D eigenvalue weighted by molar-refractivity contribution is -0.0925. The smallest absolute Gasteiger partial charge is 0.395 e. The fourth-order valence-corrected chi connectivity index (χ4v) is 2.94. The molecule has 0 aliphatic rings. The molecule has 0 spiro atoms. The van der Waals surface area contributed by atoms with Gasteiger partial charge in [0.2, 0.25) is 11.1 Å². The molecule has 1 heterocycles. The molecule has 166 valence electrons. The van der Waals surface area contributed by atoms with Crippen molar-refractivity contribution >= 4 is 46.6 Å². The zero-order chi connectivity index (χ0) is 23.3. The second-order valence-corrected chi connectivity index (χ2v) is 7.43. The summed E-state index contributed by atoms with van der Waals surface area (Å²) in [6.07, 6.45) is -2.22. The fraction of sp³-hybridized carbons (Fsp3) is 0.100. The summed E-state index contributed by atoms with van der Waals surface area (Å²) in [6.45, 7) is 0. The SMILES string of the molecule is CSc1n[nH]c(NC(=O)c2ccc(C(/C=C(\N)C(F)(F)F)=Nc3ccccc3Cl)cc2)n1. The number of thioether (sulfide) groups is 1. The highest BCUT2D eigenvalue weighted by molar-refractivity contribution is 7.98. The van der Waals surface area contributed by atoms with Crippen molar-refractivity contribution in [3.05, 3.63) is 76.5 Å². The van der Waals surface area contributed by atoms with E-state index in [1.165, 1.54) is 36.0 Å². The standard InChI is InChI=1S/C20H16ClF3N6OS/c1-32-19-28-18(29-30-19)27-17(31)12-8-6-11(7-9-12)15(10-16(25)20(22,23)24)26-14-5-3-2-4-13(14)21/h2-10H,25H2,1H3,(H2,27,28,29,30,31)/b16-10-,26-15?. The van der Waals surface area contributed by atoms with E-state index in [9.17, 15) is 18.0 Å². The average molecular weight is 481 g/mol. The number of halogens is 4. The number of alkyl halides is 3. The Kier molecular flexibility index (Phi) is 7.21. The molecule has 1 aromatic heterocycles. The van der Waals surface area contributed by atoms with E-state index >= 15 is 0 Å². The van der Waals surface area contributed by atoms with E-state index in [0.29, 0.717) is 10.7 Å². The zero-order valence-electron chi connectivity index (χ0n) is 16.4. The van der Waals surface area contributed by atoms with Crippen LogP contribution in [-0.2, 0) is 0 Å². The van der Waals surface area contributed by atoms with Crippen LogP contribution in [-0.4, -0.2) is 39.2 Å². The van der Waals surface area contributed by atoms with E-state index in [0.717, 1.165) is 6.08 Å². The Labute approximate surface area is 190 Å². The van der Waals surface area contributed by atoms with Gasteiger partial charge in [-0.2, -0.15) is 18.2 Å². The second kappa shape index (κ2) is 9.88. The summed E-state index contributed by atoms with van der Waals surface area (Å²) in [6, 6.07) is 12.2. The number of nitrogens with two attached hydrogens (primary N) is 1. The Bertz CT molecular complexity index is 1170. The number of allylic oxidation sites excluding steroid dienone is 2. The van der Waals surface area contributed by atoms with Crippen molar-refractivity contribution in [1.82, 2.24) is 15.2 Å². The molecular weight excluding hydrogens is 465 g/mol. The summed E-state index contributed by atoms with van der Waals surface area (Å²) in [7, 11) is 0. The highest BCUT2D eigenvalue weighted by atomic mass is 35.5. The molecule has 1 amide bonds. The number of nitrogens with one attached hydrogen (secondary N) is 2. The number of para-hydroxylation sites is 1. The minimum absolute atomic E-state index is 0.0697. The van der Waals surface area contributed by atoms with Gasteiger partial charge < -0.3 is 5.73 Å². The predicted octanol–water partition coefficient (Wildman–Crippen LogP) is 4.96. The van der Waals surface area contributed by atoms with Crippen molar-refractivity contribution in [3.63, 3.8) is 0 Å². The van der Waals surface area contributed by atoms with Crippen LogP contribution in [0.4, 0.5) is 24.8 Å². The predicted molar refractivity (Wildman–Crippen MR) is 119 cm³/mol. The third-order valence-electron chi connectivity index (χ3n) is 4.04. The Balaban J connectivity index is 1.91. The lowest BCUT2D eigenvalue weighted by Crippen LogP contribution is -2.21. The van der Waals surface area contributed by atoms with Gasteiger partial charge >= 0.3 is 6.18 Å². The molecule has 0 unspecified atom stereocenters. The van der Waals surface area contributed by atoms with Crippen molar-refractivity contribution in [1.29, 1.82) is 0 Å². The van der Waals surface area contributed by atoms with E-state index in [1.54, 1.807) is 30.5 Å². The molecule has 3 aromatic rings. The van der Waals surface area contributed by atoms with Crippen LogP contribution in [0.2, 0.25) is 5.02 Å². The number of amides is 1. The van der Waals surface area contributed by atoms with E-state index in [-0.39, 0.29) is 27.9 Å². The lowest BCUT2D eigenvalue weighted by atomic mass is 10.1. The number of carbonyl (C=O) groups excluding carboxylic acids is 1. The number of benzene rings is 2. The number of anilines is 1. The Hall–Kier alpha value is -3.31. The first kappa shape index (κ1) is 23.4. The molecule has 0 fully saturated rings. The number of H-pyrrole nitrogens is 1. The third kappa shape index (κ3) is 5.89. The first-order valence-electron chi connectivity index (χ1n) is 8.93. The Morgan fingerprint density at radius 1 is 1.19 bits per heavy atom. The summed E-state index contributed by atoms with van der Waals surface area (Å²) in [5, 5.41) is 9.75. The molecule has 2 aromatic carbocycles. The van der Waals surface area contributed by atoms with Crippen LogP contribution in [0, 0.1) is 0 Å². The molecule has 0 saturated heterocycles. The van der Waals surface area contributed by atoms with Crippen LogP contribution in [0.25, 0.3) is 0 Å². The monoisotopic (exact) mass is 480 g/mol. The molecule has 32 heavy (non-hydrogen) atoms. The number of hydrogen-bond acceptors (Lipinski definition) is 6. The number of carbonyl (C=O) groups is 1. The van der Waals surface area contributed by atoms with Crippen LogP contribution in [0.1, 0.15) is 15.9 Å². The van der Waals surface area contributed by atoms with Crippen LogP contribution >= 0.6 is 23.4 Å². The van der Waals surface area contributed by atoms with Crippen LogP contribution in [0.15, 0.2) is 70.5 Å². The Morgan fingerprint density at radius 3 is 2.44 bits per heavy atom. The summed E-state index contributed by atoms with van der Waals surface area (Å²) in [5.74, 6) is -0.305. The van der Waals surface area contributed by atoms with Gasteiger partial charge in [-0.05, 0) is 36.6 Å². The highest BCUT2D eigenvalue weighted by Crippen LogP contribution is 2.27. The van der Waals surface area contributed by atoms with E-state index in [1.807, 2.05) is 0 Å². The van der Waals surface area contributed by atoms with Crippen LogP contribution < -0.4 is 11.1 Å². The number of rotatable bonds is 6. The molecular formula is C20H16ClF3N6OS. The van der Waals surface area contributed by atoms with E-state index < -0.39 is 17.8 Å². The maximum atomic E-state index is 13.0. The third-order valence-corrected chi connectivity index (χ3v) is 4.90. The zero-order valence-corrected chi connectivity index (χ0v) is 18.0. The first-order valence-corrected chi connectivity index (χ1v) is 10.5. The summed E-state index contributed by atoms with van der Waals surface area (Å²) < 4.78 is 39.0. The van der Waals surface area contributed by atoms with E-state index in [4.69, 9.17) is 17.3 Å². The van der Waals surface area contributed by atoms with Crippen molar-refractivity contribution < 1.29 is 18.0 Å². The van der Waals surface area contributed by atoms with Gasteiger partial charge in [0.05, 0.1) is 16.4 Å². The molecule has 3 rings (SSSR count). The highest BCUT2D eigenvalue weighted by Gasteiger charge is 2.31. The van der Waals surface area contributed by atoms with Crippen LogP contribution in [0.3, 0.4) is 0 Å². The van der Waals surface area contributed by atoms with Gasteiger partial charge in [0, 0.05) is 11.1 Å². The van der Waals surface area contributed by atoms with Gasteiger partial charge in [-0.1, -0.05) is 47.6 Å². The van der Waals surface area contributed by atoms with Gasteiger partial charge in [-0.3, -0.25) is 10.1 Å². The number of aromatic nitrogens is 3. The average Bonchev–Trinajstić information content (AvgIpc) is 3.21. The topological polar surface area (TPSA) is 109 Å². The van der Waals surface area contributed by atoms with Gasteiger partial charge in [-0.15, -0.1) is 5.10 Å². The van der Waals surface area contributed by atoms with Crippen LogP contribution in [0.5, 0.6) is 0 Å². The molecule has 0 saturated carbocycles.